The minimum Gasteiger partial charge on any atom is -0.494 e. The molecule has 0 saturated carbocycles. The number of nitrogens with one attached hydrogen (secondary N) is 1. The lowest BCUT2D eigenvalue weighted by atomic mass is 9.95. The fraction of sp³-hybridized carbons (Fsp3) is 0.632. The second-order valence-electron chi connectivity index (χ2n) is 6.45. The van der Waals surface area contributed by atoms with Gasteiger partial charge in [-0.2, -0.15) is 0 Å². The zero-order valence-electron chi connectivity index (χ0n) is 14.7. The second kappa shape index (κ2) is 8.92. The molecule has 4 nitrogen and oxygen atoms in total. The number of amides is 1. The Morgan fingerprint density at radius 3 is 2.74 bits per heavy atom. The highest BCUT2D eigenvalue weighted by atomic mass is 16.5. The average molecular weight is 318 g/mol. The number of carbonyl (C=O) groups excluding carboxylic acids is 1. The quantitative estimate of drug-likeness (QED) is 0.839. The first-order chi connectivity index (χ1) is 11.1. The third kappa shape index (κ3) is 5.54. The zero-order chi connectivity index (χ0) is 16.7. The van der Waals surface area contributed by atoms with Gasteiger partial charge in [-0.1, -0.05) is 19.1 Å². The van der Waals surface area contributed by atoms with Crippen LogP contribution in [0.2, 0.25) is 0 Å². The fourth-order valence-electron chi connectivity index (χ4n) is 2.97. The number of benzene rings is 1. The molecule has 0 spiro atoms. The van der Waals surface area contributed by atoms with Gasteiger partial charge in [-0.25, -0.2) is 0 Å². The lowest BCUT2D eigenvalue weighted by molar-refractivity contribution is -0.127. The van der Waals surface area contributed by atoms with Crippen molar-refractivity contribution in [1.29, 1.82) is 0 Å². The van der Waals surface area contributed by atoms with Crippen molar-refractivity contribution in [2.45, 2.75) is 52.6 Å². The summed E-state index contributed by atoms with van der Waals surface area (Å²) in [5.41, 5.74) is 1.28. The number of ether oxygens (including phenoxy) is 1. The minimum absolute atomic E-state index is 0.176. The van der Waals surface area contributed by atoms with Gasteiger partial charge in [-0.15, -0.1) is 0 Å². The van der Waals surface area contributed by atoms with Crippen molar-refractivity contribution >= 4 is 5.91 Å². The van der Waals surface area contributed by atoms with Crippen LogP contribution < -0.4 is 10.1 Å². The molecule has 1 N–H and O–H groups in total. The van der Waals surface area contributed by atoms with Crippen molar-refractivity contribution in [3.8, 4) is 5.75 Å². The summed E-state index contributed by atoms with van der Waals surface area (Å²) in [4.78, 5) is 14.6. The maximum Gasteiger partial charge on any atom is 0.223 e. The molecule has 1 aromatic rings. The Balaban J connectivity index is 1.80. The van der Waals surface area contributed by atoms with Crippen LogP contribution in [0.4, 0.5) is 0 Å². The molecule has 0 aromatic heterocycles. The average Bonchev–Trinajstić information content (AvgIpc) is 2.56. The molecule has 23 heavy (non-hydrogen) atoms. The Morgan fingerprint density at radius 1 is 1.35 bits per heavy atom. The highest BCUT2D eigenvalue weighted by molar-refractivity contribution is 5.79. The summed E-state index contributed by atoms with van der Waals surface area (Å²) in [6.07, 6.45) is 2.89. The first-order valence-corrected chi connectivity index (χ1v) is 8.86. The van der Waals surface area contributed by atoms with Gasteiger partial charge in [0.2, 0.25) is 5.91 Å². The fourth-order valence-corrected chi connectivity index (χ4v) is 2.97. The molecule has 0 radical (unpaired) electrons. The van der Waals surface area contributed by atoms with Crippen molar-refractivity contribution in [2.24, 2.45) is 5.92 Å². The van der Waals surface area contributed by atoms with Crippen molar-refractivity contribution in [1.82, 2.24) is 10.2 Å². The van der Waals surface area contributed by atoms with Gasteiger partial charge in [0, 0.05) is 18.5 Å². The van der Waals surface area contributed by atoms with Gasteiger partial charge in [0.25, 0.3) is 0 Å². The Kier molecular flexibility index (Phi) is 6.90. The Hall–Kier alpha value is -1.55. The van der Waals surface area contributed by atoms with E-state index in [2.05, 4.69) is 36.2 Å². The van der Waals surface area contributed by atoms with E-state index < -0.39 is 0 Å². The molecule has 1 atom stereocenters. The number of nitrogens with zero attached hydrogens (tertiary/aromatic N) is 1. The zero-order valence-corrected chi connectivity index (χ0v) is 14.7. The van der Waals surface area contributed by atoms with Crippen molar-refractivity contribution in [3.63, 3.8) is 0 Å². The van der Waals surface area contributed by atoms with Gasteiger partial charge in [-0.3, -0.25) is 9.69 Å². The van der Waals surface area contributed by atoms with Gasteiger partial charge in [0.05, 0.1) is 6.61 Å². The van der Waals surface area contributed by atoms with Crippen LogP contribution in [0.1, 0.15) is 45.6 Å². The molecule has 1 fully saturated rings. The van der Waals surface area contributed by atoms with E-state index in [1.807, 2.05) is 19.1 Å². The van der Waals surface area contributed by atoms with Gasteiger partial charge in [-0.05, 0) is 63.9 Å². The number of likely N-dealkylation sites (tertiary alicyclic amines) is 1. The summed E-state index contributed by atoms with van der Waals surface area (Å²) >= 11 is 0. The number of hydrogen-bond acceptors (Lipinski definition) is 3. The largest absolute Gasteiger partial charge is 0.494 e. The van der Waals surface area contributed by atoms with Crippen LogP contribution in [0.15, 0.2) is 24.3 Å². The van der Waals surface area contributed by atoms with Crippen LogP contribution >= 0.6 is 0 Å². The molecule has 1 heterocycles. The Bertz CT molecular complexity index is 496. The second-order valence-corrected chi connectivity index (χ2v) is 6.45. The predicted octanol–water partition coefficient (Wildman–Crippen LogP) is 3.21. The van der Waals surface area contributed by atoms with Crippen molar-refractivity contribution < 1.29 is 9.53 Å². The molecule has 1 unspecified atom stereocenters. The maximum absolute atomic E-state index is 12.2. The molecule has 1 aliphatic heterocycles. The van der Waals surface area contributed by atoms with Gasteiger partial charge >= 0.3 is 0 Å². The monoisotopic (exact) mass is 318 g/mol. The minimum atomic E-state index is 0.176. The standard InChI is InChI=1S/C19H30N2O2/c1-4-15(3)20-19(22)17-9-11-21(12-10-17)14-16-7-6-8-18(13-16)23-5-2/h6-8,13,15,17H,4-5,9-12,14H2,1-3H3,(H,20,22). The molecule has 1 aromatic carbocycles. The van der Waals surface area contributed by atoms with Gasteiger partial charge < -0.3 is 10.1 Å². The summed E-state index contributed by atoms with van der Waals surface area (Å²) < 4.78 is 5.56. The van der Waals surface area contributed by atoms with E-state index in [0.29, 0.717) is 6.61 Å². The van der Waals surface area contributed by atoms with Crippen LogP contribution in [0.5, 0.6) is 5.75 Å². The van der Waals surface area contributed by atoms with Crippen LogP contribution in [0.3, 0.4) is 0 Å². The number of piperidine rings is 1. The highest BCUT2D eigenvalue weighted by Gasteiger charge is 2.25. The van der Waals surface area contributed by atoms with Crippen LogP contribution in [0, 0.1) is 5.92 Å². The third-order valence-electron chi connectivity index (χ3n) is 4.58. The van der Waals surface area contributed by atoms with Crippen LogP contribution in [-0.4, -0.2) is 36.5 Å². The molecule has 0 bridgehead atoms. The summed E-state index contributed by atoms with van der Waals surface area (Å²) in [5, 5.41) is 3.11. The maximum atomic E-state index is 12.2. The van der Waals surface area contributed by atoms with Crippen molar-refractivity contribution in [2.75, 3.05) is 19.7 Å². The lowest BCUT2D eigenvalue weighted by Crippen LogP contribution is -2.42. The topological polar surface area (TPSA) is 41.6 Å². The van der Waals surface area contributed by atoms with E-state index in [0.717, 1.165) is 44.6 Å². The molecule has 4 heteroatoms. The highest BCUT2D eigenvalue weighted by Crippen LogP contribution is 2.21. The normalized spacial score (nSPS) is 17.7. The SMILES string of the molecule is CCOc1cccc(CN2CCC(C(=O)NC(C)CC)CC2)c1. The summed E-state index contributed by atoms with van der Waals surface area (Å²) in [6.45, 7) is 9.76. The van der Waals surface area contributed by atoms with Gasteiger partial charge in [0.1, 0.15) is 5.75 Å². The lowest BCUT2D eigenvalue weighted by Gasteiger charge is -2.31. The predicted molar refractivity (Wildman–Crippen MR) is 93.5 cm³/mol. The molecule has 2 rings (SSSR count). The molecule has 1 aliphatic rings. The van der Waals surface area contributed by atoms with Gasteiger partial charge in [0.15, 0.2) is 0 Å². The molecule has 1 saturated heterocycles. The van der Waals surface area contributed by atoms with Crippen LogP contribution in [-0.2, 0) is 11.3 Å². The Morgan fingerprint density at radius 2 is 2.09 bits per heavy atom. The number of rotatable bonds is 7. The summed E-state index contributed by atoms with van der Waals surface area (Å²) in [5.74, 6) is 1.35. The van der Waals surface area contributed by atoms with E-state index in [1.165, 1.54) is 5.56 Å². The van der Waals surface area contributed by atoms with E-state index in [4.69, 9.17) is 4.74 Å². The number of hydrogen-bond donors (Lipinski definition) is 1. The van der Waals surface area contributed by atoms with Crippen LogP contribution in [0.25, 0.3) is 0 Å². The van der Waals surface area contributed by atoms with E-state index in [1.54, 1.807) is 0 Å². The Labute approximate surface area is 140 Å². The van der Waals surface area contributed by atoms with E-state index in [9.17, 15) is 4.79 Å². The van der Waals surface area contributed by atoms with E-state index in [-0.39, 0.29) is 17.9 Å². The molecular weight excluding hydrogens is 288 g/mol. The molecular formula is C19H30N2O2. The summed E-state index contributed by atoms with van der Waals surface area (Å²) in [6, 6.07) is 8.59. The number of carbonyl (C=O) groups is 1. The third-order valence-corrected chi connectivity index (χ3v) is 4.58. The molecule has 128 valence electrons. The first-order valence-electron chi connectivity index (χ1n) is 8.86. The smallest absolute Gasteiger partial charge is 0.223 e. The summed E-state index contributed by atoms with van der Waals surface area (Å²) in [7, 11) is 0. The molecule has 1 amide bonds. The first kappa shape index (κ1) is 17.8. The molecule has 0 aliphatic carbocycles. The van der Waals surface area contributed by atoms with Crippen molar-refractivity contribution in [3.05, 3.63) is 29.8 Å². The van der Waals surface area contributed by atoms with E-state index >= 15 is 0 Å².